The summed E-state index contributed by atoms with van der Waals surface area (Å²) >= 11 is 0. The number of rotatable bonds is 5. The van der Waals surface area contributed by atoms with E-state index in [0.29, 0.717) is 43.8 Å². The van der Waals surface area contributed by atoms with Crippen molar-refractivity contribution in [2.45, 2.75) is 30.2 Å². The van der Waals surface area contributed by atoms with Crippen LogP contribution in [0.15, 0.2) is 23.1 Å². The first-order valence-electron chi connectivity index (χ1n) is 8.14. The standard InChI is InChI=1S/C16H21NO5S/c18-23(19,14-3-4-15-16(9-14)22-8-7-21-15)17(13-1-2-13)10-12-5-6-20-11-12/h3-4,9,12-13H,1-2,5-8,10-11H2/t12-/m0/s1. The third-order valence-corrected chi connectivity index (χ3v) is 6.45. The number of fused-ring (bicyclic) bond motifs is 1. The van der Waals surface area contributed by atoms with Crippen LogP contribution in [0.4, 0.5) is 0 Å². The molecule has 2 aliphatic heterocycles. The molecule has 0 aromatic heterocycles. The first-order valence-corrected chi connectivity index (χ1v) is 9.58. The van der Waals surface area contributed by atoms with Gasteiger partial charge >= 0.3 is 0 Å². The van der Waals surface area contributed by atoms with Crippen LogP contribution in [0.3, 0.4) is 0 Å². The van der Waals surface area contributed by atoms with Gasteiger partial charge in [0.1, 0.15) is 13.2 Å². The zero-order valence-electron chi connectivity index (χ0n) is 12.9. The molecule has 0 spiro atoms. The van der Waals surface area contributed by atoms with Crippen LogP contribution in [0.2, 0.25) is 0 Å². The molecule has 3 aliphatic rings. The fourth-order valence-electron chi connectivity index (χ4n) is 3.11. The van der Waals surface area contributed by atoms with Gasteiger partial charge in [-0.3, -0.25) is 0 Å². The predicted octanol–water partition coefficient (Wildman–Crippen LogP) is 1.65. The molecule has 0 bridgehead atoms. The number of ether oxygens (including phenoxy) is 3. The molecule has 126 valence electrons. The first kappa shape index (κ1) is 15.2. The Balaban J connectivity index is 1.61. The molecule has 1 aliphatic carbocycles. The highest BCUT2D eigenvalue weighted by Gasteiger charge is 2.40. The Kier molecular flexibility index (Phi) is 3.95. The molecule has 7 heteroatoms. The van der Waals surface area contributed by atoms with Gasteiger partial charge in [-0.05, 0) is 37.3 Å². The van der Waals surface area contributed by atoms with Crippen LogP contribution in [0.1, 0.15) is 19.3 Å². The summed E-state index contributed by atoms with van der Waals surface area (Å²) < 4.78 is 44.2. The number of hydrogen-bond donors (Lipinski definition) is 0. The first-order chi connectivity index (χ1) is 11.1. The van der Waals surface area contributed by atoms with Crippen molar-refractivity contribution >= 4 is 10.0 Å². The zero-order chi connectivity index (χ0) is 15.9. The third-order valence-electron chi connectivity index (χ3n) is 4.54. The van der Waals surface area contributed by atoms with Gasteiger partial charge in [0, 0.05) is 25.3 Å². The highest BCUT2D eigenvalue weighted by atomic mass is 32.2. The molecule has 1 aromatic carbocycles. The lowest BCUT2D eigenvalue weighted by Gasteiger charge is -2.25. The van der Waals surface area contributed by atoms with E-state index in [-0.39, 0.29) is 10.9 Å². The summed E-state index contributed by atoms with van der Waals surface area (Å²) in [6.07, 6.45) is 2.81. The van der Waals surface area contributed by atoms with Gasteiger partial charge in [0.25, 0.3) is 0 Å². The molecule has 2 heterocycles. The van der Waals surface area contributed by atoms with Crippen LogP contribution < -0.4 is 9.47 Å². The van der Waals surface area contributed by atoms with E-state index in [1.54, 1.807) is 22.5 Å². The molecular weight excluding hydrogens is 318 g/mol. The smallest absolute Gasteiger partial charge is 0.243 e. The quantitative estimate of drug-likeness (QED) is 0.816. The van der Waals surface area contributed by atoms with Crippen molar-refractivity contribution in [3.05, 3.63) is 18.2 Å². The highest BCUT2D eigenvalue weighted by molar-refractivity contribution is 7.89. The minimum absolute atomic E-state index is 0.133. The molecule has 4 rings (SSSR count). The predicted molar refractivity (Wildman–Crippen MR) is 83.3 cm³/mol. The fraction of sp³-hybridized carbons (Fsp3) is 0.625. The van der Waals surface area contributed by atoms with Crippen molar-refractivity contribution in [3.8, 4) is 11.5 Å². The van der Waals surface area contributed by atoms with Crippen molar-refractivity contribution < 1.29 is 22.6 Å². The molecule has 1 saturated heterocycles. The lowest BCUT2D eigenvalue weighted by molar-refractivity contribution is 0.171. The fourth-order valence-corrected chi connectivity index (χ4v) is 4.88. The Hall–Kier alpha value is -1.31. The topological polar surface area (TPSA) is 65.1 Å². The number of hydrogen-bond acceptors (Lipinski definition) is 5. The van der Waals surface area contributed by atoms with Crippen molar-refractivity contribution in [1.82, 2.24) is 4.31 Å². The van der Waals surface area contributed by atoms with E-state index in [4.69, 9.17) is 14.2 Å². The molecule has 2 fully saturated rings. The SMILES string of the molecule is O=S(=O)(c1ccc2c(c1)OCCO2)N(C[C@@H]1CCOC1)C1CC1. The number of sulfonamides is 1. The Bertz CT molecular complexity index is 680. The van der Waals surface area contributed by atoms with Gasteiger partial charge in [0.15, 0.2) is 11.5 Å². The molecule has 0 N–H and O–H groups in total. The number of benzene rings is 1. The summed E-state index contributed by atoms with van der Waals surface area (Å²) in [4.78, 5) is 0.285. The van der Waals surface area contributed by atoms with Crippen LogP contribution in [-0.2, 0) is 14.8 Å². The van der Waals surface area contributed by atoms with Crippen molar-refractivity contribution in [2.24, 2.45) is 5.92 Å². The van der Waals surface area contributed by atoms with E-state index < -0.39 is 10.0 Å². The summed E-state index contributed by atoms with van der Waals surface area (Å²) in [6.45, 7) is 2.87. The van der Waals surface area contributed by atoms with Crippen LogP contribution in [0, 0.1) is 5.92 Å². The van der Waals surface area contributed by atoms with Crippen LogP contribution >= 0.6 is 0 Å². The summed E-state index contributed by atoms with van der Waals surface area (Å²) in [7, 11) is -3.52. The largest absolute Gasteiger partial charge is 0.486 e. The van der Waals surface area contributed by atoms with Gasteiger partial charge in [0.2, 0.25) is 10.0 Å². The average molecular weight is 339 g/mol. The Morgan fingerprint density at radius 3 is 2.52 bits per heavy atom. The molecule has 0 unspecified atom stereocenters. The van der Waals surface area contributed by atoms with E-state index in [2.05, 4.69) is 0 Å². The minimum Gasteiger partial charge on any atom is -0.486 e. The van der Waals surface area contributed by atoms with Crippen molar-refractivity contribution in [1.29, 1.82) is 0 Å². The van der Waals surface area contributed by atoms with Gasteiger partial charge in [0.05, 0.1) is 11.5 Å². The Morgan fingerprint density at radius 2 is 1.83 bits per heavy atom. The summed E-state index contributed by atoms with van der Waals surface area (Å²) in [6, 6.07) is 5.02. The maximum atomic E-state index is 13.1. The van der Waals surface area contributed by atoms with Crippen molar-refractivity contribution in [2.75, 3.05) is 33.0 Å². The second-order valence-corrected chi connectivity index (χ2v) is 8.23. The molecule has 1 atom stereocenters. The number of nitrogens with zero attached hydrogens (tertiary/aromatic N) is 1. The Labute approximate surface area is 136 Å². The highest BCUT2D eigenvalue weighted by Crippen LogP contribution is 2.37. The normalized spacial score (nSPS) is 24.1. The van der Waals surface area contributed by atoms with Gasteiger partial charge in [-0.2, -0.15) is 4.31 Å². The molecule has 23 heavy (non-hydrogen) atoms. The van der Waals surface area contributed by atoms with Crippen molar-refractivity contribution in [3.63, 3.8) is 0 Å². The van der Waals surface area contributed by atoms with E-state index in [1.165, 1.54) is 0 Å². The summed E-state index contributed by atoms with van der Waals surface area (Å²) in [5.41, 5.74) is 0. The molecule has 6 nitrogen and oxygen atoms in total. The lowest BCUT2D eigenvalue weighted by Crippen LogP contribution is -2.37. The van der Waals surface area contributed by atoms with E-state index >= 15 is 0 Å². The van der Waals surface area contributed by atoms with Gasteiger partial charge in [-0.15, -0.1) is 0 Å². The van der Waals surface area contributed by atoms with E-state index in [9.17, 15) is 8.42 Å². The maximum Gasteiger partial charge on any atom is 0.243 e. The van der Waals surface area contributed by atoms with E-state index in [1.807, 2.05) is 0 Å². The molecular formula is C16H21NO5S. The van der Waals surface area contributed by atoms with Gasteiger partial charge in [-0.25, -0.2) is 8.42 Å². The maximum absolute atomic E-state index is 13.1. The third kappa shape index (κ3) is 3.05. The van der Waals surface area contributed by atoms with Crippen LogP contribution in [0.5, 0.6) is 11.5 Å². The lowest BCUT2D eigenvalue weighted by atomic mass is 10.1. The second-order valence-electron chi connectivity index (χ2n) is 6.34. The molecule has 1 aromatic rings. The summed E-state index contributed by atoms with van der Waals surface area (Å²) in [5, 5.41) is 0. The monoisotopic (exact) mass is 339 g/mol. The van der Waals surface area contributed by atoms with Crippen LogP contribution in [-0.4, -0.2) is 51.7 Å². The van der Waals surface area contributed by atoms with Gasteiger partial charge < -0.3 is 14.2 Å². The molecule has 0 radical (unpaired) electrons. The summed E-state index contributed by atoms with van der Waals surface area (Å²) in [5.74, 6) is 1.41. The zero-order valence-corrected chi connectivity index (χ0v) is 13.8. The van der Waals surface area contributed by atoms with Crippen LogP contribution in [0.25, 0.3) is 0 Å². The molecule has 1 saturated carbocycles. The average Bonchev–Trinajstić information content (AvgIpc) is 3.27. The van der Waals surface area contributed by atoms with E-state index in [0.717, 1.165) is 25.9 Å². The molecule has 0 amide bonds. The second kappa shape index (κ2) is 5.96. The van der Waals surface area contributed by atoms with Gasteiger partial charge in [-0.1, -0.05) is 0 Å². The Morgan fingerprint density at radius 1 is 1.04 bits per heavy atom. The minimum atomic E-state index is -3.52.